The first-order valence-electron chi connectivity index (χ1n) is 8.78. The van der Waals surface area contributed by atoms with Gasteiger partial charge in [-0.1, -0.05) is 0 Å². The quantitative estimate of drug-likeness (QED) is 0.755. The van der Waals surface area contributed by atoms with Crippen LogP contribution in [0.25, 0.3) is 0 Å². The normalized spacial score (nSPS) is 25.3. The Kier molecular flexibility index (Phi) is 4.97. The number of carbonyl (C=O) groups excluding carboxylic acids is 2. The Morgan fingerprint density at radius 1 is 1.31 bits per heavy atom. The van der Waals surface area contributed by atoms with Gasteiger partial charge in [-0.3, -0.25) is 14.7 Å². The van der Waals surface area contributed by atoms with Crippen molar-refractivity contribution in [2.45, 2.75) is 51.3 Å². The highest BCUT2D eigenvalue weighted by molar-refractivity contribution is 5.98. The number of rotatable bonds is 2. The van der Waals surface area contributed by atoms with E-state index >= 15 is 0 Å². The Hall–Kier alpha value is -2.46. The van der Waals surface area contributed by atoms with Crippen molar-refractivity contribution in [3.8, 4) is 6.07 Å². The summed E-state index contributed by atoms with van der Waals surface area (Å²) in [6, 6.07) is 4.85. The van der Waals surface area contributed by atoms with Gasteiger partial charge in [-0.25, -0.2) is 4.79 Å². The number of ether oxygens (including phenoxy) is 2. The highest BCUT2D eigenvalue weighted by Gasteiger charge is 2.45. The molecule has 7 nitrogen and oxygen atoms in total. The summed E-state index contributed by atoms with van der Waals surface area (Å²) in [4.78, 5) is 31.3. The summed E-state index contributed by atoms with van der Waals surface area (Å²) in [5.41, 5.74) is -0.0765. The Balaban J connectivity index is 1.78. The standard InChI is InChI=1S/C19H23N3O4/c1-19(2,3)26-18(24)22-14-7-13(8-15(22)11-25-10-14)17(23)16-12(9-20)5-4-6-21-16/h4-6,13-15H,7-8,10-11H2,1-3H3. The van der Waals surface area contributed by atoms with Crippen molar-refractivity contribution in [2.75, 3.05) is 13.2 Å². The van der Waals surface area contributed by atoms with E-state index in [0.29, 0.717) is 26.1 Å². The third-order valence-electron chi connectivity index (χ3n) is 4.66. The van der Waals surface area contributed by atoms with Crippen LogP contribution in [0.1, 0.15) is 49.7 Å². The van der Waals surface area contributed by atoms with Crippen LogP contribution in [0.4, 0.5) is 4.79 Å². The second kappa shape index (κ2) is 7.04. The molecular formula is C19H23N3O4. The molecule has 3 rings (SSSR count). The van der Waals surface area contributed by atoms with Gasteiger partial charge in [-0.05, 0) is 45.7 Å². The van der Waals surface area contributed by atoms with Crippen molar-refractivity contribution in [1.29, 1.82) is 5.26 Å². The number of ketones is 1. The topological polar surface area (TPSA) is 92.5 Å². The predicted molar refractivity (Wildman–Crippen MR) is 92.5 cm³/mol. The zero-order valence-corrected chi connectivity index (χ0v) is 15.3. The van der Waals surface area contributed by atoms with E-state index in [4.69, 9.17) is 9.47 Å². The van der Waals surface area contributed by atoms with Crippen LogP contribution in [-0.4, -0.2) is 52.7 Å². The number of aromatic nitrogens is 1. The maximum absolute atomic E-state index is 12.9. The summed E-state index contributed by atoms with van der Waals surface area (Å²) in [6.07, 6.45) is 2.12. The summed E-state index contributed by atoms with van der Waals surface area (Å²) in [5.74, 6) is -0.419. The van der Waals surface area contributed by atoms with Gasteiger partial charge in [0.1, 0.15) is 17.4 Å². The summed E-state index contributed by atoms with van der Waals surface area (Å²) in [7, 11) is 0. The summed E-state index contributed by atoms with van der Waals surface area (Å²) < 4.78 is 11.1. The Morgan fingerprint density at radius 2 is 1.96 bits per heavy atom. The molecular weight excluding hydrogens is 334 g/mol. The maximum atomic E-state index is 12.9. The van der Waals surface area contributed by atoms with Crippen LogP contribution < -0.4 is 0 Å². The van der Waals surface area contributed by atoms with Crippen molar-refractivity contribution in [1.82, 2.24) is 9.88 Å². The SMILES string of the molecule is CC(C)(C)OC(=O)N1C2COCC1CC(C(=O)c1ncccc1C#N)C2. The third kappa shape index (κ3) is 3.70. The van der Waals surface area contributed by atoms with E-state index in [9.17, 15) is 14.9 Å². The van der Waals surface area contributed by atoms with E-state index in [2.05, 4.69) is 4.98 Å². The number of hydrogen-bond donors (Lipinski definition) is 0. The van der Waals surface area contributed by atoms with Gasteiger partial charge in [0.25, 0.3) is 0 Å². The highest BCUT2D eigenvalue weighted by Crippen LogP contribution is 2.34. The van der Waals surface area contributed by atoms with Gasteiger partial charge in [0.05, 0.1) is 30.9 Å². The number of morpholine rings is 1. The van der Waals surface area contributed by atoms with Crippen LogP contribution in [0.3, 0.4) is 0 Å². The van der Waals surface area contributed by atoms with Gasteiger partial charge in [0.15, 0.2) is 5.78 Å². The fourth-order valence-electron chi connectivity index (χ4n) is 3.63. The fourth-order valence-corrected chi connectivity index (χ4v) is 3.63. The zero-order valence-electron chi connectivity index (χ0n) is 15.3. The number of fused-ring (bicyclic) bond motifs is 2. The first-order valence-corrected chi connectivity index (χ1v) is 8.78. The average Bonchev–Trinajstić information content (AvgIpc) is 2.58. The van der Waals surface area contributed by atoms with Crippen LogP contribution >= 0.6 is 0 Å². The number of Topliss-reactive ketones (excluding diaryl/α,β-unsaturated/α-hetero) is 1. The monoisotopic (exact) mass is 357 g/mol. The molecule has 0 spiro atoms. The molecule has 138 valence electrons. The first kappa shape index (κ1) is 18.3. The molecule has 2 bridgehead atoms. The molecule has 26 heavy (non-hydrogen) atoms. The molecule has 0 N–H and O–H groups in total. The first-order chi connectivity index (χ1) is 12.3. The number of carbonyl (C=O) groups is 2. The van der Waals surface area contributed by atoms with E-state index in [-0.39, 0.29) is 41.1 Å². The number of pyridine rings is 1. The van der Waals surface area contributed by atoms with E-state index in [0.717, 1.165) is 0 Å². The lowest BCUT2D eigenvalue weighted by Crippen LogP contribution is -2.60. The molecule has 2 saturated heterocycles. The molecule has 7 heteroatoms. The minimum atomic E-state index is -0.575. The molecule has 0 radical (unpaired) electrons. The van der Waals surface area contributed by atoms with Gasteiger partial charge in [0, 0.05) is 12.1 Å². The molecule has 0 aliphatic carbocycles. The molecule has 3 heterocycles. The van der Waals surface area contributed by atoms with Gasteiger partial charge >= 0.3 is 6.09 Å². The van der Waals surface area contributed by atoms with Crippen LogP contribution in [0.5, 0.6) is 0 Å². The van der Waals surface area contributed by atoms with Crippen molar-refractivity contribution in [2.24, 2.45) is 5.92 Å². The van der Waals surface area contributed by atoms with Crippen molar-refractivity contribution in [3.05, 3.63) is 29.6 Å². The van der Waals surface area contributed by atoms with Crippen LogP contribution in [0, 0.1) is 17.2 Å². The molecule has 2 atom stereocenters. The second-order valence-electron chi connectivity index (χ2n) is 7.78. The molecule has 0 saturated carbocycles. The molecule has 0 aromatic carbocycles. The van der Waals surface area contributed by atoms with E-state index in [1.54, 1.807) is 17.0 Å². The largest absolute Gasteiger partial charge is 0.444 e. The zero-order chi connectivity index (χ0) is 18.9. The number of piperidine rings is 1. The van der Waals surface area contributed by atoms with Gasteiger partial charge in [-0.2, -0.15) is 5.26 Å². The lowest BCUT2D eigenvalue weighted by Gasteiger charge is -2.47. The number of amides is 1. The van der Waals surface area contributed by atoms with Gasteiger partial charge < -0.3 is 9.47 Å². The second-order valence-corrected chi connectivity index (χ2v) is 7.78. The van der Waals surface area contributed by atoms with Crippen LogP contribution in [0.15, 0.2) is 18.3 Å². The molecule has 2 aliphatic heterocycles. The minimum Gasteiger partial charge on any atom is -0.444 e. The van der Waals surface area contributed by atoms with Crippen molar-refractivity contribution in [3.63, 3.8) is 0 Å². The fraction of sp³-hybridized carbons (Fsp3) is 0.579. The molecule has 2 aliphatic rings. The van der Waals surface area contributed by atoms with E-state index in [1.165, 1.54) is 6.20 Å². The Morgan fingerprint density at radius 3 is 2.54 bits per heavy atom. The number of nitriles is 1. The lowest BCUT2D eigenvalue weighted by molar-refractivity contribution is -0.0861. The van der Waals surface area contributed by atoms with Crippen molar-refractivity contribution < 1.29 is 19.1 Å². The van der Waals surface area contributed by atoms with Crippen molar-refractivity contribution >= 4 is 11.9 Å². The van der Waals surface area contributed by atoms with Crippen LogP contribution in [0.2, 0.25) is 0 Å². The van der Waals surface area contributed by atoms with Crippen LogP contribution in [-0.2, 0) is 9.47 Å². The predicted octanol–water partition coefficient (Wildman–Crippen LogP) is 2.55. The maximum Gasteiger partial charge on any atom is 0.410 e. The smallest absolute Gasteiger partial charge is 0.410 e. The molecule has 1 amide bonds. The highest BCUT2D eigenvalue weighted by atomic mass is 16.6. The van der Waals surface area contributed by atoms with Gasteiger partial charge in [0.2, 0.25) is 0 Å². The lowest BCUT2D eigenvalue weighted by atomic mass is 9.81. The molecule has 1 aromatic rings. The summed E-state index contributed by atoms with van der Waals surface area (Å²) in [6.45, 7) is 6.26. The van der Waals surface area contributed by atoms with E-state index in [1.807, 2.05) is 26.8 Å². The number of hydrogen-bond acceptors (Lipinski definition) is 6. The molecule has 1 aromatic heterocycles. The molecule has 2 fully saturated rings. The Labute approximate surface area is 152 Å². The summed E-state index contributed by atoms with van der Waals surface area (Å²) >= 11 is 0. The minimum absolute atomic E-state index is 0.136. The molecule has 2 unspecified atom stereocenters. The van der Waals surface area contributed by atoms with Gasteiger partial charge in [-0.15, -0.1) is 0 Å². The Bertz CT molecular complexity index is 736. The number of nitrogens with zero attached hydrogens (tertiary/aromatic N) is 3. The average molecular weight is 357 g/mol. The summed E-state index contributed by atoms with van der Waals surface area (Å²) in [5, 5.41) is 9.22. The third-order valence-corrected chi connectivity index (χ3v) is 4.66. The van der Waals surface area contributed by atoms with E-state index < -0.39 is 5.60 Å².